The van der Waals surface area contributed by atoms with E-state index in [1.165, 1.54) is 0 Å². The van der Waals surface area contributed by atoms with Crippen molar-refractivity contribution in [2.45, 2.75) is 23.2 Å². The minimum atomic E-state index is -1.43. The smallest absolute Gasteiger partial charge is 0.216 e. The van der Waals surface area contributed by atoms with Crippen LogP contribution in [0.4, 0.5) is 0 Å². The molecule has 0 fully saturated rings. The maximum atomic E-state index is 9.59. The number of halogens is 3. The van der Waals surface area contributed by atoms with E-state index in [-0.39, 0.29) is 0 Å². The van der Waals surface area contributed by atoms with Gasteiger partial charge < -0.3 is 5.11 Å². The van der Waals surface area contributed by atoms with Gasteiger partial charge in [0.05, 0.1) is 6.10 Å². The van der Waals surface area contributed by atoms with Crippen molar-refractivity contribution >= 4 is 34.8 Å². The Balaban J connectivity index is 3.01. The second-order valence-electron chi connectivity index (χ2n) is 3.05. The first-order valence-electron chi connectivity index (χ1n) is 4.30. The fourth-order valence-corrected chi connectivity index (χ4v) is 1.51. The number of hydrogen-bond acceptors (Lipinski definition) is 1. The molecule has 1 nitrogen and oxygen atoms in total. The van der Waals surface area contributed by atoms with E-state index in [1.54, 1.807) is 18.2 Å². The van der Waals surface area contributed by atoms with E-state index in [1.807, 2.05) is 13.0 Å². The fraction of sp³-hybridized carbons (Fsp3) is 0.400. The van der Waals surface area contributed by atoms with E-state index in [0.717, 1.165) is 5.56 Å². The minimum Gasteiger partial charge on any atom is -0.388 e. The molecule has 0 radical (unpaired) electrons. The molecule has 1 rings (SSSR count). The van der Waals surface area contributed by atoms with Crippen LogP contribution in [0, 0.1) is 0 Å². The molecule has 1 N–H and O–H groups in total. The molecule has 0 aliphatic heterocycles. The summed E-state index contributed by atoms with van der Waals surface area (Å²) in [6, 6.07) is 7.01. The van der Waals surface area contributed by atoms with Gasteiger partial charge in [-0.3, -0.25) is 0 Å². The maximum Gasteiger partial charge on any atom is 0.216 e. The van der Waals surface area contributed by atoms with Crippen molar-refractivity contribution in [3.8, 4) is 0 Å². The highest BCUT2D eigenvalue weighted by Gasteiger charge is 2.23. The van der Waals surface area contributed by atoms with Gasteiger partial charge in [-0.05, 0) is 18.1 Å². The average molecular weight is 254 g/mol. The molecule has 0 bridgehead atoms. The molecule has 4 heteroatoms. The Labute approximate surface area is 98.6 Å². The topological polar surface area (TPSA) is 20.2 Å². The van der Waals surface area contributed by atoms with Crippen molar-refractivity contribution in [3.05, 3.63) is 35.4 Å². The van der Waals surface area contributed by atoms with Gasteiger partial charge >= 0.3 is 0 Å². The highest BCUT2D eigenvalue weighted by atomic mass is 35.6. The van der Waals surface area contributed by atoms with Gasteiger partial charge in [-0.2, -0.15) is 0 Å². The van der Waals surface area contributed by atoms with E-state index < -0.39 is 9.90 Å². The highest BCUT2D eigenvalue weighted by molar-refractivity contribution is 6.66. The van der Waals surface area contributed by atoms with E-state index in [9.17, 15) is 5.11 Å². The van der Waals surface area contributed by atoms with E-state index in [4.69, 9.17) is 34.8 Å². The van der Waals surface area contributed by atoms with Crippen LogP contribution in [0.5, 0.6) is 0 Å². The lowest BCUT2D eigenvalue weighted by Gasteiger charge is -2.14. The number of benzene rings is 1. The van der Waals surface area contributed by atoms with Gasteiger partial charge in [-0.1, -0.05) is 59.9 Å². The van der Waals surface area contributed by atoms with Gasteiger partial charge in [0.2, 0.25) is 3.79 Å². The van der Waals surface area contributed by atoms with Gasteiger partial charge in [0, 0.05) is 5.56 Å². The molecule has 1 aromatic carbocycles. The summed E-state index contributed by atoms with van der Waals surface area (Å²) in [5.41, 5.74) is 1.35. The second kappa shape index (κ2) is 4.71. The van der Waals surface area contributed by atoms with Crippen molar-refractivity contribution < 1.29 is 5.11 Å². The first-order valence-corrected chi connectivity index (χ1v) is 5.43. The Kier molecular flexibility index (Phi) is 4.08. The molecule has 78 valence electrons. The molecule has 0 aliphatic rings. The normalized spacial score (nSPS) is 14.1. The quantitative estimate of drug-likeness (QED) is 0.791. The Morgan fingerprint density at radius 1 is 1.36 bits per heavy atom. The van der Waals surface area contributed by atoms with Crippen LogP contribution >= 0.6 is 34.8 Å². The highest BCUT2D eigenvalue weighted by Crippen LogP contribution is 2.38. The molecule has 1 unspecified atom stereocenters. The summed E-state index contributed by atoms with van der Waals surface area (Å²) in [6.45, 7) is 1.90. The molecule has 0 saturated carbocycles. The van der Waals surface area contributed by atoms with E-state index in [0.29, 0.717) is 12.0 Å². The average Bonchev–Trinajstić information content (AvgIpc) is 2.15. The fourth-order valence-electron chi connectivity index (χ4n) is 1.16. The third kappa shape index (κ3) is 3.03. The second-order valence-corrected chi connectivity index (χ2v) is 5.33. The van der Waals surface area contributed by atoms with Gasteiger partial charge in [0.25, 0.3) is 0 Å². The molecular weight excluding hydrogens is 242 g/mol. The molecule has 0 aliphatic carbocycles. The van der Waals surface area contributed by atoms with Gasteiger partial charge in [0.1, 0.15) is 0 Å². The van der Waals surface area contributed by atoms with Crippen LogP contribution in [0.3, 0.4) is 0 Å². The standard InChI is InChI=1S/C10H11Cl3O/c1-2-9(14)7-4-3-5-8(6-7)10(11,12)13/h3-6,9,14H,2H2,1H3. The number of aliphatic hydroxyl groups excluding tert-OH is 1. The van der Waals surface area contributed by atoms with E-state index >= 15 is 0 Å². The van der Waals surface area contributed by atoms with Gasteiger partial charge in [-0.15, -0.1) is 0 Å². The van der Waals surface area contributed by atoms with Crippen molar-refractivity contribution in [3.63, 3.8) is 0 Å². The number of hydrogen-bond donors (Lipinski definition) is 1. The number of alkyl halides is 3. The van der Waals surface area contributed by atoms with Crippen molar-refractivity contribution in [2.24, 2.45) is 0 Å². The zero-order valence-electron chi connectivity index (χ0n) is 7.67. The van der Waals surface area contributed by atoms with Crippen LogP contribution < -0.4 is 0 Å². The molecule has 0 saturated heterocycles. The predicted molar refractivity (Wildman–Crippen MR) is 60.9 cm³/mol. The molecule has 0 heterocycles. The van der Waals surface area contributed by atoms with Crippen LogP contribution in [0.2, 0.25) is 0 Å². The lowest BCUT2D eigenvalue weighted by atomic mass is 10.1. The lowest BCUT2D eigenvalue weighted by molar-refractivity contribution is 0.173. The zero-order valence-corrected chi connectivity index (χ0v) is 9.94. The third-order valence-electron chi connectivity index (χ3n) is 1.99. The van der Waals surface area contributed by atoms with Crippen molar-refractivity contribution in [1.29, 1.82) is 0 Å². The van der Waals surface area contributed by atoms with Crippen LogP contribution in [0.1, 0.15) is 30.6 Å². The molecule has 14 heavy (non-hydrogen) atoms. The summed E-state index contributed by atoms with van der Waals surface area (Å²) < 4.78 is -1.43. The summed E-state index contributed by atoms with van der Waals surface area (Å²) in [4.78, 5) is 0. The molecule has 0 amide bonds. The first kappa shape index (κ1) is 12.1. The monoisotopic (exact) mass is 252 g/mol. The summed E-state index contributed by atoms with van der Waals surface area (Å²) in [6.07, 6.45) is 0.144. The maximum absolute atomic E-state index is 9.59. The van der Waals surface area contributed by atoms with Crippen molar-refractivity contribution in [1.82, 2.24) is 0 Å². The molecule has 1 atom stereocenters. The molecule has 1 aromatic rings. The first-order chi connectivity index (χ1) is 6.45. The Bertz CT molecular complexity index is 306. The predicted octanol–water partition coefficient (Wildman–Crippen LogP) is 3.96. The van der Waals surface area contributed by atoms with Gasteiger partial charge in [0.15, 0.2) is 0 Å². The summed E-state index contributed by atoms with van der Waals surface area (Å²) in [5, 5.41) is 9.59. The number of aliphatic hydroxyl groups is 1. The summed E-state index contributed by atoms with van der Waals surface area (Å²) in [5.74, 6) is 0. The summed E-state index contributed by atoms with van der Waals surface area (Å²) >= 11 is 17.2. The Morgan fingerprint density at radius 3 is 2.50 bits per heavy atom. The van der Waals surface area contributed by atoms with E-state index in [2.05, 4.69) is 0 Å². The van der Waals surface area contributed by atoms with Crippen LogP contribution in [-0.2, 0) is 3.79 Å². The Hall–Kier alpha value is 0.0500. The SMILES string of the molecule is CCC(O)c1cccc(C(Cl)(Cl)Cl)c1. The van der Waals surface area contributed by atoms with Crippen molar-refractivity contribution in [2.75, 3.05) is 0 Å². The number of rotatable bonds is 2. The van der Waals surface area contributed by atoms with Crippen LogP contribution in [0.15, 0.2) is 24.3 Å². The summed E-state index contributed by atoms with van der Waals surface area (Å²) in [7, 11) is 0. The molecule has 0 spiro atoms. The lowest BCUT2D eigenvalue weighted by Crippen LogP contribution is -2.02. The third-order valence-corrected chi connectivity index (χ3v) is 2.64. The largest absolute Gasteiger partial charge is 0.388 e. The van der Waals surface area contributed by atoms with Gasteiger partial charge in [-0.25, -0.2) is 0 Å². The molecule has 0 aromatic heterocycles. The van der Waals surface area contributed by atoms with Crippen LogP contribution in [-0.4, -0.2) is 5.11 Å². The van der Waals surface area contributed by atoms with Crippen LogP contribution in [0.25, 0.3) is 0 Å². The minimum absolute atomic E-state index is 0.498. The zero-order chi connectivity index (χ0) is 10.8. The molecular formula is C10H11Cl3O. The Morgan fingerprint density at radius 2 is 2.00 bits per heavy atom.